The standard InChI is InChI=1S/C25H35N5O3S/c1-15-5-4-7-20-22(15)30(16-8-10-17(31)11-9-16)25(27-20)28-23(33)21-13-19(26)24(34-21)29-12-3-2-6-18(32)14-29/h4-5,7,13,16-18,25,27,31-32H,2-3,6,8-12,14,26H2,1H3,(H,28,33)/t16?,17?,18-,25?/m0/s1. The maximum Gasteiger partial charge on any atom is 0.264 e. The van der Waals surface area contributed by atoms with Crippen LogP contribution in [0.15, 0.2) is 24.3 Å². The van der Waals surface area contributed by atoms with Crippen LogP contribution in [0.25, 0.3) is 0 Å². The molecule has 2 aliphatic heterocycles. The van der Waals surface area contributed by atoms with Crippen molar-refractivity contribution < 1.29 is 15.0 Å². The number of nitrogens with zero attached hydrogens (tertiary/aromatic N) is 2. The van der Waals surface area contributed by atoms with Crippen molar-refractivity contribution in [1.82, 2.24) is 5.32 Å². The van der Waals surface area contributed by atoms with E-state index in [4.69, 9.17) is 5.73 Å². The molecular formula is C25H35N5O3S. The number of rotatable bonds is 4. The summed E-state index contributed by atoms with van der Waals surface area (Å²) in [6.45, 7) is 3.48. The third-order valence-corrected chi connectivity index (χ3v) is 8.50. The van der Waals surface area contributed by atoms with Crippen molar-refractivity contribution in [3.05, 3.63) is 34.7 Å². The van der Waals surface area contributed by atoms with Crippen LogP contribution in [0.1, 0.15) is 60.2 Å². The van der Waals surface area contributed by atoms with E-state index in [1.54, 1.807) is 6.07 Å². The molecule has 1 aromatic heterocycles. The third kappa shape index (κ3) is 4.56. The van der Waals surface area contributed by atoms with E-state index in [2.05, 4.69) is 33.4 Å². The molecule has 184 valence electrons. The highest BCUT2D eigenvalue weighted by Gasteiger charge is 2.38. The van der Waals surface area contributed by atoms with E-state index in [0.29, 0.717) is 17.1 Å². The Kier molecular flexibility index (Phi) is 6.59. The summed E-state index contributed by atoms with van der Waals surface area (Å²) in [6, 6.07) is 8.16. The predicted molar refractivity (Wildman–Crippen MR) is 138 cm³/mol. The van der Waals surface area contributed by atoms with Crippen molar-refractivity contribution in [3.8, 4) is 0 Å². The number of β-amino-alcohol motifs (C(OH)–C–C–N with tert-alkyl or cyclic N) is 1. The summed E-state index contributed by atoms with van der Waals surface area (Å²) in [7, 11) is 0. The average Bonchev–Trinajstić information content (AvgIpc) is 3.30. The number of carbonyl (C=O) groups is 1. The fourth-order valence-electron chi connectivity index (χ4n) is 5.55. The normalized spacial score (nSPS) is 27.1. The summed E-state index contributed by atoms with van der Waals surface area (Å²) in [5.41, 5.74) is 10.2. The zero-order chi connectivity index (χ0) is 23.8. The Morgan fingerprint density at radius 3 is 2.74 bits per heavy atom. The van der Waals surface area contributed by atoms with Crippen LogP contribution in [0.5, 0.6) is 0 Å². The number of nitrogens with two attached hydrogens (primary N) is 1. The first-order chi connectivity index (χ1) is 16.4. The van der Waals surface area contributed by atoms with Crippen LogP contribution in [0.2, 0.25) is 0 Å². The largest absolute Gasteiger partial charge is 0.396 e. The van der Waals surface area contributed by atoms with Gasteiger partial charge in [0.15, 0.2) is 6.29 Å². The number of amides is 1. The van der Waals surface area contributed by atoms with Gasteiger partial charge in [-0.2, -0.15) is 0 Å². The minimum Gasteiger partial charge on any atom is -0.396 e. The van der Waals surface area contributed by atoms with E-state index in [0.717, 1.165) is 73.4 Å². The lowest BCUT2D eigenvalue weighted by molar-refractivity contribution is 0.0935. The summed E-state index contributed by atoms with van der Waals surface area (Å²) in [5.74, 6) is -0.165. The van der Waals surface area contributed by atoms with Gasteiger partial charge in [-0.25, -0.2) is 0 Å². The lowest BCUT2D eigenvalue weighted by Gasteiger charge is -2.38. The number of aliphatic hydroxyl groups is 2. The molecule has 1 saturated carbocycles. The quantitative estimate of drug-likeness (QED) is 0.452. The Hall–Kier alpha value is -2.49. The Balaban J connectivity index is 1.36. The highest BCUT2D eigenvalue weighted by Crippen LogP contribution is 2.41. The molecular weight excluding hydrogens is 450 g/mol. The minimum absolute atomic E-state index is 0.165. The maximum atomic E-state index is 13.4. The molecule has 1 unspecified atom stereocenters. The minimum atomic E-state index is -0.367. The first-order valence-electron chi connectivity index (χ1n) is 12.4. The van der Waals surface area contributed by atoms with E-state index < -0.39 is 0 Å². The number of anilines is 4. The Bertz CT molecular complexity index is 1040. The number of nitrogens with one attached hydrogen (secondary N) is 2. The topological polar surface area (TPSA) is 114 Å². The first-order valence-corrected chi connectivity index (χ1v) is 13.2. The highest BCUT2D eigenvalue weighted by molar-refractivity contribution is 7.18. The Morgan fingerprint density at radius 2 is 1.94 bits per heavy atom. The summed E-state index contributed by atoms with van der Waals surface area (Å²) in [4.78, 5) is 18.3. The van der Waals surface area contributed by atoms with Crippen LogP contribution in [-0.2, 0) is 0 Å². The number of hydrogen-bond acceptors (Lipinski definition) is 8. The van der Waals surface area contributed by atoms with Gasteiger partial charge in [0.2, 0.25) is 0 Å². The summed E-state index contributed by atoms with van der Waals surface area (Å²) >= 11 is 1.39. The molecule has 2 fully saturated rings. The van der Waals surface area contributed by atoms with Crippen LogP contribution in [0.3, 0.4) is 0 Å². The van der Waals surface area contributed by atoms with Crippen molar-refractivity contribution in [2.75, 3.05) is 33.9 Å². The zero-order valence-electron chi connectivity index (χ0n) is 19.7. The number of benzene rings is 1. The number of aryl methyl sites for hydroxylation is 1. The van der Waals surface area contributed by atoms with Gasteiger partial charge in [-0.15, -0.1) is 11.3 Å². The second-order valence-corrected chi connectivity index (χ2v) is 10.9. The van der Waals surface area contributed by atoms with Crippen LogP contribution in [0.4, 0.5) is 22.1 Å². The van der Waals surface area contributed by atoms with Gasteiger partial charge >= 0.3 is 0 Å². The summed E-state index contributed by atoms with van der Waals surface area (Å²) in [5, 5.41) is 27.8. The number of aliphatic hydroxyl groups excluding tert-OH is 2. The van der Waals surface area contributed by atoms with E-state index in [-0.39, 0.29) is 30.4 Å². The Labute approximate surface area is 204 Å². The molecule has 2 aromatic rings. The molecule has 2 atom stereocenters. The van der Waals surface area contributed by atoms with Gasteiger partial charge in [0, 0.05) is 19.1 Å². The number of nitrogen functional groups attached to an aromatic ring is 1. The third-order valence-electron chi connectivity index (χ3n) is 7.29. The molecule has 6 N–H and O–H groups in total. The molecule has 1 aromatic carbocycles. The van der Waals surface area contributed by atoms with Crippen molar-refractivity contribution >= 4 is 39.3 Å². The van der Waals surface area contributed by atoms with Gasteiger partial charge in [-0.1, -0.05) is 12.1 Å². The molecule has 3 aliphatic rings. The summed E-state index contributed by atoms with van der Waals surface area (Å²) < 4.78 is 0. The van der Waals surface area contributed by atoms with Crippen molar-refractivity contribution in [1.29, 1.82) is 0 Å². The van der Waals surface area contributed by atoms with E-state index in [9.17, 15) is 15.0 Å². The van der Waals surface area contributed by atoms with Gasteiger partial charge in [0.05, 0.1) is 34.1 Å². The van der Waals surface area contributed by atoms with Gasteiger partial charge in [0.25, 0.3) is 5.91 Å². The number of thiophene rings is 1. The highest BCUT2D eigenvalue weighted by atomic mass is 32.1. The van der Waals surface area contributed by atoms with Crippen LogP contribution < -0.4 is 26.2 Å². The Morgan fingerprint density at radius 1 is 1.15 bits per heavy atom. The van der Waals surface area contributed by atoms with Crippen molar-refractivity contribution in [3.63, 3.8) is 0 Å². The molecule has 8 nitrogen and oxygen atoms in total. The second-order valence-electron chi connectivity index (χ2n) is 9.83. The molecule has 1 aliphatic carbocycles. The number of para-hydroxylation sites is 1. The van der Waals surface area contributed by atoms with Gasteiger partial charge < -0.3 is 36.4 Å². The molecule has 1 amide bonds. The number of hydrogen-bond donors (Lipinski definition) is 5. The lowest BCUT2D eigenvalue weighted by atomic mass is 9.91. The fourth-order valence-corrected chi connectivity index (χ4v) is 6.57. The van der Waals surface area contributed by atoms with Crippen molar-refractivity contribution in [2.24, 2.45) is 0 Å². The molecule has 0 bridgehead atoms. The molecule has 0 spiro atoms. The fraction of sp³-hybridized carbons (Fsp3) is 0.560. The average molecular weight is 486 g/mol. The van der Waals surface area contributed by atoms with E-state index in [1.807, 2.05) is 12.1 Å². The second kappa shape index (κ2) is 9.64. The molecule has 3 heterocycles. The lowest BCUT2D eigenvalue weighted by Crippen LogP contribution is -2.54. The van der Waals surface area contributed by atoms with E-state index in [1.165, 1.54) is 11.3 Å². The number of carbonyl (C=O) groups excluding carboxylic acids is 1. The maximum absolute atomic E-state index is 13.4. The monoisotopic (exact) mass is 485 g/mol. The summed E-state index contributed by atoms with van der Waals surface area (Å²) in [6.07, 6.45) is 5.15. The van der Waals surface area contributed by atoms with Crippen LogP contribution >= 0.6 is 11.3 Å². The molecule has 5 rings (SSSR count). The smallest absolute Gasteiger partial charge is 0.264 e. The molecule has 0 radical (unpaired) electrons. The van der Waals surface area contributed by atoms with Gasteiger partial charge in [-0.3, -0.25) is 4.79 Å². The first kappa shape index (κ1) is 23.3. The van der Waals surface area contributed by atoms with Crippen LogP contribution in [0, 0.1) is 6.92 Å². The predicted octanol–water partition coefficient (Wildman–Crippen LogP) is 3.24. The van der Waals surface area contributed by atoms with Crippen LogP contribution in [-0.4, -0.2) is 53.7 Å². The van der Waals surface area contributed by atoms with E-state index >= 15 is 0 Å². The SMILES string of the molecule is Cc1cccc2c1N(C1CCC(O)CC1)C(NC(=O)c1cc(N)c(N3CCCC[C@H](O)C3)s1)N2. The molecule has 9 heteroatoms. The van der Waals surface area contributed by atoms with Gasteiger partial charge in [-0.05, 0) is 69.6 Å². The van der Waals surface area contributed by atoms with Crippen molar-refractivity contribution in [2.45, 2.75) is 76.4 Å². The van der Waals surface area contributed by atoms with Gasteiger partial charge in [0.1, 0.15) is 5.00 Å². The molecule has 1 saturated heterocycles. The molecule has 34 heavy (non-hydrogen) atoms. The zero-order valence-corrected chi connectivity index (χ0v) is 20.5. The number of fused-ring (bicyclic) bond motifs is 1.